The average molecular weight is 281 g/mol. The minimum Gasteiger partial charge on any atom is -0.396 e. The number of carbonyl (C=O) groups is 1. The van der Waals surface area contributed by atoms with Gasteiger partial charge in [-0.1, -0.05) is 48.5 Å². The average Bonchev–Trinajstić information content (AvgIpc) is 2.54. The Morgan fingerprint density at radius 2 is 1.81 bits per heavy atom. The molecule has 2 N–H and O–H groups in total. The molecule has 1 amide bonds. The molecule has 0 aliphatic rings. The Hall–Kier alpha value is -2.39. The van der Waals surface area contributed by atoms with Gasteiger partial charge in [-0.05, 0) is 35.3 Å². The monoisotopic (exact) mass is 281 g/mol. The van der Waals surface area contributed by atoms with Crippen molar-refractivity contribution in [2.75, 3.05) is 13.2 Å². The van der Waals surface area contributed by atoms with Crippen LogP contribution in [0.25, 0.3) is 17.2 Å². The zero-order valence-electron chi connectivity index (χ0n) is 11.8. The number of hydrogen-bond donors (Lipinski definition) is 2. The first kappa shape index (κ1) is 15.0. The quantitative estimate of drug-likeness (QED) is 0.632. The van der Waals surface area contributed by atoms with E-state index in [1.807, 2.05) is 42.5 Å². The number of rotatable bonds is 6. The Bertz CT molecular complexity index is 606. The van der Waals surface area contributed by atoms with Crippen molar-refractivity contribution in [1.82, 2.24) is 5.32 Å². The third-order valence-electron chi connectivity index (χ3n) is 3.06. The normalized spacial score (nSPS) is 10.7. The van der Waals surface area contributed by atoms with Crippen molar-refractivity contribution in [2.45, 2.75) is 6.42 Å². The summed E-state index contributed by atoms with van der Waals surface area (Å²) in [4.78, 5) is 11.6. The maximum absolute atomic E-state index is 11.6. The summed E-state index contributed by atoms with van der Waals surface area (Å²) in [5.41, 5.74) is 3.26. The van der Waals surface area contributed by atoms with Crippen LogP contribution in [0, 0.1) is 0 Å². The van der Waals surface area contributed by atoms with Crippen molar-refractivity contribution >= 4 is 12.0 Å². The molecular weight excluding hydrogens is 262 g/mol. The van der Waals surface area contributed by atoms with Gasteiger partial charge in [0.25, 0.3) is 0 Å². The van der Waals surface area contributed by atoms with E-state index >= 15 is 0 Å². The molecule has 0 saturated carbocycles. The number of benzene rings is 2. The van der Waals surface area contributed by atoms with Crippen molar-refractivity contribution in [1.29, 1.82) is 0 Å². The predicted molar refractivity (Wildman–Crippen MR) is 85.6 cm³/mol. The number of amides is 1. The molecule has 0 spiro atoms. The summed E-state index contributed by atoms with van der Waals surface area (Å²) in [5, 5.41) is 11.4. The van der Waals surface area contributed by atoms with E-state index in [1.165, 1.54) is 6.08 Å². The van der Waals surface area contributed by atoms with Crippen LogP contribution in [0.15, 0.2) is 60.7 Å². The maximum Gasteiger partial charge on any atom is 0.244 e. The van der Waals surface area contributed by atoms with Crippen LogP contribution in [0.4, 0.5) is 0 Å². The van der Waals surface area contributed by atoms with E-state index < -0.39 is 0 Å². The van der Waals surface area contributed by atoms with E-state index in [1.54, 1.807) is 6.08 Å². The highest BCUT2D eigenvalue weighted by atomic mass is 16.3. The van der Waals surface area contributed by atoms with Gasteiger partial charge < -0.3 is 10.4 Å². The molecule has 0 heterocycles. The van der Waals surface area contributed by atoms with Crippen LogP contribution >= 0.6 is 0 Å². The maximum atomic E-state index is 11.6. The van der Waals surface area contributed by atoms with Crippen molar-refractivity contribution < 1.29 is 9.90 Å². The summed E-state index contributed by atoms with van der Waals surface area (Å²) in [6, 6.07) is 18.2. The summed E-state index contributed by atoms with van der Waals surface area (Å²) in [7, 11) is 0. The molecule has 2 aromatic rings. The number of carbonyl (C=O) groups excluding carboxylic acids is 1. The topological polar surface area (TPSA) is 49.3 Å². The van der Waals surface area contributed by atoms with Crippen molar-refractivity contribution in [3.63, 3.8) is 0 Å². The first-order chi connectivity index (χ1) is 10.3. The van der Waals surface area contributed by atoms with Crippen LogP contribution < -0.4 is 5.32 Å². The van der Waals surface area contributed by atoms with E-state index in [0.29, 0.717) is 13.0 Å². The molecule has 0 bridgehead atoms. The molecule has 0 radical (unpaired) electrons. The molecule has 21 heavy (non-hydrogen) atoms. The highest BCUT2D eigenvalue weighted by Crippen LogP contribution is 2.20. The van der Waals surface area contributed by atoms with Gasteiger partial charge in [0.2, 0.25) is 5.91 Å². The van der Waals surface area contributed by atoms with Crippen molar-refractivity contribution in [2.24, 2.45) is 0 Å². The largest absolute Gasteiger partial charge is 0.396 e. The lowest BCUT2D eigenvalue weighted by Gasteiger charge is -2.03. The number of aliphatic hydroxyl groups is 1. The molecule has 2 aromatic carbocycles. The van der Waals surface area contributed by atoms with Crippen LogP contribution in [0.3, 0.4) is 0 Å². The molecule has 108 valence electrons. The molecule has 0 atom stereocenters. The molecule has 3 heteroatoms. The molecule has 0 fully saturated rings. The summed E-state index contributed by atoms with van der Waals surface area (Å²) < 4.78 is 0. The molecule has 0 saturated heterocycles. The minimum absolute atomic E-state index is 0.0864. The summed E-state index contributed by atoms with van der Waals surface area (Å²) in [6.45, 7) is 0.576. The van der Waals surface area contributed by atoms with Gasteiger partial charge in [-0.3, -0.25) is 4.79 Å². The van der Waals surface area contributed by atoms with E-state index in [9.17, 15) is 4.79 Å². The van der Waals surface area contributed by atoms with Gasteiger partial charge in [0, 0.05) is 19.2 Å². The minimum atomic E-state index is -0.145. The van der Waals surface area contributed by atoms with E-state index in [2.05, 4.69) is 17.4 Å². The second-order valence-corrected chi connectivity index (χ2v) is 4.69. The first-order valence-corrected chi connectivity index (χ1v) is 7.02. The SMILES string of the molecule is O=C(/C=C/c1cccc(-c2ccccc2)c1)NCCCO. The molecule has 0 aliphatic heterocycles. The molecule has 0 unspecified atom stereocenters. The lowest BCUT2D eigenvalue weighted by molar-refractivity contribution is -0.116. The van der Waals surface area contributed by atoms with Gasteiger partial charge in [0.05, 0.1) is 0 Å². The van der Waals surface area contributed by atoms with Gasteiger partial charge >= 0.3 is 0 Å². The van der Waals surface area contributed by atoms with Gasteiger partial charge in [-0.2, -0.15) is 0 Å². The predicted octanol–water partition coefficient (Wildman–Crippen LogP) is 2.87. The molecule has 0 aromatic heterocycles. The molecular formula is C18H19NO2. The molecule has 0 aliphatic carbocycles. The number of hydrogen-bond acceptors (Lipinski definition) is 2. The number of nitrogens with one attached hydrogen (secondary N) is 1. The van der Waals surface area contributed by atoms with Crippen molar-refractivity contribution in [3.05, 3.63) is 66.2 Å². The lowest BCUT2D eigenvalue weighted by atomic mass is 10.0. The van der Waals surface area contributed by atoms with Gasteiger partial charge in [0.15, 0.2) is 0 Å². The molecule has 2 rings (SSSR count). The zero-order chi connectivity index (χ0) is 14.9. The van der Waals surface area contributed by atoms with E-state index in [4.69, 9.17) is 5.11 Å². The fraction of sp³-hybridized carbons (Fsp3) is 0.167. The second kappa shape index (κ2) is 8.02. The Balaban J connectivity index is 2.03. The Labute approximate surface area is 124 Å². The van der Waals surface area contributed by atoms with Crippen LogP contribution in [-0.2, 0) is 4.79 Å². The van der Waals surface area contributed by atoms with Crippen molar-refractivity contribution in [3.8, 4) is 11.1 Å². The Kier molecular flexibility index (Phi) is 5.73. The van der Waals surface area contributed by atoms with Gasteiger partial charge in [0.1, 0.15) is 0 Å². The van der Waals surface area contributed by atoms with Crippen LogP contribution in [0.5, 0.6) is 0 Å². The smallest absolute Gasteiger partial charge is 0.244 e. The second-order valence-electron chi connectivity index (χ2n) is 4.69. The van der Waals surface area contributed by atoms with Gasteiger partial charge in [-0.15, -0.1) is 0 Å². The molecule has 3 nitrogen and oxygen atoms in total. The first-order valence-electron chi connectivity index (χ1n) is 7.02. The fourth-order valence-corrected chi connectivity index (χ4v) is 1.97. The fourth-order valence-electron chi connectivity index (χ4n) is 1.97. The van der Waals surface area contributed by atoms with E-state index in [-0.39, 0.29) is 12.5 Å². The summed E-state index contributed by atoms with van der Waals surface area (Å²) in [5.74, 6) is -0.145. The Morgan fingerprint density at radius 1 is 1.05 bits per heavy atom. The summed E-state index contributed by atoms with van der Waals surface area (Å²) in [6.07, 6.45) is 3.88. The lowest BCUT2D eigenvalue weighted by Crippen LogP contribution is -2.22. The van der Waals surface area contributed by atoms with E-state index in [0.717, 1.165) is 16.7 Å². The van der Waals surface area contributed by atoms with Crippen LogP contribution in [0.2, 0.25) is 0 Å². The highest BCUT2D eigenvalue weighted by Gasteiger charge is 1.98. The zero-order valence-corrected chi connectivity index (χ0v) is 11.8. The van der Waals surface area contributed by atoms with Crippen LogP contribution in [0.1, 0.15) is 12.0 Å². The number of aliphatic hydroxyl groups excluding tert-OH is 1. The van der Waals surface area contributed by atoms with Gasteiger partial charge in [-0.25, -0.2) is 0 Å². The third kappa shape index (κ3) is 4.89. The summed E-state index contributed by atoms with van der Waals surface area (Å²) >= 11 is 0. The highest BCUT2D eigenvalue weighted by molar-refractivity contribution is 5.91. The Morgan fingerprint density at radius 3 is 2.57 bits per heavy atom. The third-order valence-corrected chi connectivity index (χ3v) is 3.06. The van der Waals surface area contributed by atoms with Crippen LogP contribution in [-0.4, -0.2) is 24.2 Å². The standard InChI is InChI=1S/C18H19NO2/c20-13-5-12-19-18(21)11-10-15-6-4-9-17(14-15)16-7-2-1-3-8-16/h1-4,6-11,14,20H,5,12-13H2,(H,19,21)/b11-10+.